The Kier molecular flexibility index (Phi) is 7.46. The third-order valence-corrected chi connectivity index (χ3v) is 5.36. The summed E-state index contributed by atoms with van der Waals surface area (Å²) in [7, 11) is 0. The molecular formula is C24H31N3O3. The van der Waals surface area contributed by atoms with Gasteiger partial charge in [-0.25, -0.2) is 0 Å². The van der Waals surface area contributed by atoms with Crippen LogP contribution in [-0.4, -0.2) is 44.7 Å². The van der Waals surface area contributed by atoms with Gasteiger partial charge in [0.05, 0.1) is 13.2 Å². The summed E-state index contributed by atoms with van der Waals surface area (Å²) in [5.41, 5.74) is 6.18. The maximum atomic E-state index is 12.2. The quantitative estimate of drug-likeness (QED) is 0.568. The van der Waals surface area contributed by atoms with Gasteiger partial charge in [0.1, 0.15) is 0 Å². The van der Waals surface area contributed by atoms with Crippen molar-refractivity contribution in [3.05, 3.63) is 58.7 Å². The first-order chi connectivity index (χ1) is 14.4. The smallest absolute Gasteiger partial charge is 0.313 e. The van der Waals surface area contributed by atoms with E-state index in [1.807, 2.05) is 32.9 Å². The summed E-state index contributed by atoms with van der Waals surface area (Å²) in [6.07, 6.45) is 1.62. The fourth-order valence-electron chi connectivity index (χ4n) is 3.82. The van der Waals surface area contributed by atoms with Crippen LogP contribution >= 0.6 is 0 Å². The lowest BCUT2D eigenvalue weighted by atomic mass is 10.1. The number of nitrogens with one attached hydrogen (secondary N) is 2. The van der Waals surface area contributed by atoms with E-state index in [2.05, 4.69) is 39.8 Å². The van der Waals surface area contributed by atoms with Crippen molar-refractivity contribution in [2.45, 2.75) is 33.6 Å². The molecule has 0 spiro atoms. The van der Waals surface area contributed by atoms with E-state index in [9.17, 15) is 9.59 Å². The highest BCUT2D eigenvalue weighted by Crippen LogP contribution is 2.21. The fourth-order valence-corrected chi connectivity index (χ4v) is 3.82. The van der Waals surface area contributed by atoms with Crippen LogP contribution in [0.1, 0.15) is 28.7 Å². The summed E-state index contributed by atoms with van der Waals surface area (Å²) in [5, 5.41) is 5.45. The van der Waals surface area contributed by atoms with Crippen molar-refractivity contribution in [2.24, 2.45) is 0 Å². The molecule has 0 radical (unpaired) electrons. The number of carbonyl (C=O) groups is 2. The fraction of sp³-hybridized carbons (Fsp3) is 0.417. The molecule has 2 N–H and O–H groups in total. The number of morpholine rings is 1. The SMILES string of the molecule is Cc1cc(C)c(NC(=O)C(=O)NCCCc2ccc(N3CCOCC3)cc2)c(C)c1. The van der Waals surface area contributed by atoms with Crippen LogP contribution < -0.4 is 15.5 Å². The molecule has 2 amide bonds. The summed E-state index contributed by atoms with van der Waals surface area (Å²) < 4.78 is 5.39. The van der Waals surface area contributed by atoms with E-state index in [4.69, 9.17) is 4.74 Å². The molecule has 30 heavy (non-hydrogen) atoms. The monoisotopic (exact) mass is 409 g/mol. The van der Waals surface area contributed by atoms with E-state index in [1.54, 1.807) is 0 Å². The predicted octanol–water partition coefficient (Wildman–Crippen LogP) is 3.14. The van der Waals surface area contributed by atoms with Crippen molar-refractivity contribution >= 4 is 23.2 Å². The second-order valence-electron chi connectivity index (χ2n) is 7.85. The van der Waals surface area contributed by atoms with Gasteiger partial charge in [-0.05, 0) is 62.4 Å². The van der Waals surface area contributed by atoms with Crippen molar-refractivity contribution in [3.63, 3.8) is 0 Å². The number of hydrogen-bond donors (Lipinski definition) is 2. The van der Waals surface area contributed by atoms with Crippen molar-refractivity contribution in [2.75, 3.05) is 43.1 Å². The zero-order valence-electron chi connectivity index (χ0n) is 18.1. The number of aryl methyl sites for hydroxylation is 4. The number of anilines is 2. The van der Waals surface area contributed by atoms with Crippen molar-refractivity contribution in [1.82, 2.24) is 5.32 Å². The van der Waals surface area contributed by atoms with Gasteiger partial charge in [0.2, 0.25) is 0 Å². The van der Waals surface area contributed by atoms with Crippen molar-refractivity contribution < 1.29 is 14.3 Å². The lowest BCUT2D eigenvalue weighted by Crippen LogP contribution is -2.36. The first-order valence-electron chi connectivity index (χ1n) is 10.5. The molecule has 160 valence electrons. The third kappa shape index (κ3) is 5.83. The molecule has 6 nitrogen and oxygen atoms in total. The summed E-state index contributed by atoms with van der Waals surface area (Å²) in [5.74, 6) is -1.23. The van der Waals surface area contributed by atoms with Crippen LogP contribution in [0.4, 0.5) is 11.4 Å². The molecule has 1 heterocycles. The second kappa shape index (κ2) is 10.3. The molecule has 1 aliphatic heterocycles. The lowest BCUT2D eigenvalue weighted by molar-refractivity contribution is -0.136. The zero-order valence-corrected chi connectivity index (χ0v) is 18.1. The maximum Gasteiger partial charge on any atom is 0.313 e. The number of benzene rings is 2. The highest BCUT2D eigenvalue weighted by Gasteiger charge is 2.15. The first kappa shape index (κ1) is 21.8. The average molecular weight is 410 g/mol. The predicted molar refractivity (Wildman–Crippen MR) is 120 cm³/mol. The number of rotatable bonds is 6. The molecule has 0 aliphatic carbocycles. The van der Waals surface area contributed by atoms with Gasteiger partial charge >= 0.3 is 11.8 Å². The lowest BCUT2D eigenvalue weighted by Gasteiger charge is -2.28. The molecule has 6 heteroatoms. The van der Waals surface area contributed by atoms with Crippen LogP contribution in [0.25, 0.3) is 0 Å². The van der Waals surface area contributed by atoms with E-state index in [0.29, 0.717) is 12.2 Å². The molecule has 1 aliphatic rings. The Balaban J connectivity index is 1.41. The molecule has 2 aromatic rings. The van der Waals surface area contributed by atoms with Crippen LogP contribution in [0, 0.1) is 20.8 Å². The summed E-state index contributed by atoms with van der Waals surface area (Å²) in [6.45, 7) is 9.73. The Labute approximate surface area is 178 Å². The van der Waals surface area contributed by atoms with Crippen LogP contribution in [0.15, 0.2) is 36.4 Å². The highest BCUT2D eigenvalue weighted by molar-refractivity contribution is 6.39. The summed E-state index contributed by atoms with van der Waals surface area (Å²) in [4.78, 5) is 26.7. The second-order valence-corrected chi connectivity index (χ2v) is 7.85. The van der Waals surface area contributed by atoms with Crippen LogP contribution in [-0.2, 0) is 20.7 Å². The Morgan fingerprint density at radius 2 is 1.60 bits per heavy atom. The van der Waals surface area contributed by atoms with Crippen LogP contribution in [0.2, 0.25) is 0 Å². The molecule has 0 atom stereocenters. The van der Waals surface area contributed by atoms with Crippen molar-refractivity contribution in [3.8, 4) is 0 Å². The molecule has 2 aromatic carbocycles. The Hall–Kier alpha value is -2.86. The van der Waals surface area contributed by atoms with Gasteiger partial charge in [-0.1, -0.05) is 29.8 Å². The molecule has 3 rings (SSSR count). The number of nitrogens with zero attached hydrogens (tertiary/aromatic N) is 1. The molecular weight excluding hydrogens is 378 g/mol. The molecule has 0 unspecified atom stereocenters. The first-order valence-corrected chi connectivity index (χ1v) is 10.5. The van der Waals surface area contributed by atoms with Gasteiger partial charge in [-0.2, -0.15) is 0 Å². The van der Waals surface area contributed by atoms with Crippen LogP contribution in [0.3, 0.4) is 0 Å². The van der Waals surface area contributed by atoms with Gasteiger partial charge in [0.15, 0.2) is 0 Å². The van der Waals surface area contributed by atoms with Gasteiger partial charge in [-0.15, -0.1) is 0 Å². The van der Waals surface area contributed by atoms with Gasteiger partial charge < -0.3 is 20.3 Å². The highest BCUT2D eigenvalue weighted by atomic mass is 16.5. The molecule has 0 saturated carbocycles. The van der Waals surface area contributed by atoms with E-state index >= 15 is 0 Å². The Bertz CT molecular complexity index is 864. The normalized spacial score (nSPS) is 13.8. The van der Waals surface area contributed by atoms with Crippen LogP contribution in [0.5, 0.6) is 0 Å². The summed E-state index contributed by atoms with van der Waals surface area (Å²) >= 11 is 0. The van der Waals surface area contributed by atoms with Crippen molar-refractivity contribution in [1.29, 1.82) is 0 Å². The Morgan fingerprint density at radius 1 is 0.967 bits per heavy atom. The topological polar surface area (TPSA) is 70.7 Å². The van der Waals surface area contributed by atoms with E-state index < -0.39 is 11.8 Å². The van der Waals surface area contributed by atoms with E-state index in [1.165, 1.54) is 11.3 Å². The largest absolute Gasteiger partial charge is 0.378 e. The minimum absolute atomic E-state index is 0.462. The van der Waals surface area contributed by atoms with E-state index in [0.717, 1.165) is 55.8 Å². The number of ether oxygens (including phenoxy) is 1. The van der Waals surface area contributed by atoms with Gasteiger partial charge in [0.25, 0.3) is 0 Å². The molecule has 1 fully saturated rings. The number of hydrogen-bond acceptors (Lipinski definition) is 4. The van der Waals surface area contributed by atoms with Gasteiger partial charge in [0, 0.05) is 31.0 Å². The van der Waals surface area contributed by atoms with E-state index in [-0.39, 0.29) is 0 Å². The average Bonchev–Trinajstić information content (AvgIpc) is 2.74. The zero-order chi connectivity index (χ0) is 21.5. The maximum absolute atomic E-state index is 12.2. The minimum atomic E-state index is -0.625. The number of amides is 2. The Morgan fingerprint density at radius 3 is 2.23 bits per heavy atom. The molecule has 1 saturated heterocycles. The summed E-state index contributed by atoms with van der Waals surface area (Å²) in [6, 6.07) is 12.5. The minimum Gasteiger partial charge on any atom is -0.378 e. The molecule has 0 aromatic heterocycles. The molecule has 0 bridgehead atoms. The number of carbonyl (C=O) groups excluding carboxylic acids is 2. The third-order valence-electron chi connectivity index (χ3n) is 5.36. The van der Waals surface area contributed by atoms with Gasteiger partial charge in [-0.3, -0.25) is 9.59 Å². The standard InChI is InChI=1S/C24H31N3O3/c1-17-15-18(2)22(19(3)16-17)26-24(29)23(28)25-10-4-5-20-6-8-21(9-7-20)27-11-13-30-14-12-27/h6-9,15-16H,4-5,10-14H2,1-3H3,(H,25,28)(H,26,29).